The van der Waals surface area contributed by atoms with Crippen LogP contribution in [0.25, 0.3) is 0 Å². The Hall–Kier alpha value is -6.49. The number of ether oxygens (including phenoxy) is 6. The number of carbonyl (C=O) groups is 7. The minimum atomic E-state index is -2.39. The van der Waals surface area contributed by atoms with Crippen LogP contribution in [0.2, 0.25) is 0 Å². The molecule has 24 heteroatoms. The monoisotopic (exact) mass is 1170 g/mol. The number of nitrogens with one attached hydrogen (secondary N) is 1. The quantitative estimate of drug-likeness (QED) is 0.0198. The molecule has 0 spiro atoms. The van der Waals surface area contributed by atoms with E-state index < -0.39 is 127 Å². The first-order chi connectivity index (χ1) is 37.1. The van der Waals surface area contributed by atoms with Crippen molar-refractivity contribution in [1.29, 1.82) is 0 Å². The Morgan fingerprint density at radius 3 is 1.85 bits per heavy atom. The van der Waals surface area contributed by atoms with Gasteiger partial charge >= 0.3 is 29.3 Å². The molecule has 1 heterocycles. The van der Waals surface area contributed by atoms with E-state index in [2.05, 4.69) is 10.1 Å². The minimum absolute atomic E-state index is 0.00289. The lowest BCUT2D eigenvalue weighted by Crippen LogP contribution is -2.82. The first-order valence-electron chi connectivity index (χ1n) is 24.3. The summed E-state index contributed by atoms with van der Waals surface area (Å²) in [5.74, 6) is -6.67. The van der Waals surface area contributed by atoms with Crippen molar-refractivity contribution in [3.05, 3.63) is 153 Å². The number of nitrogens with zero attached hydrogens (tertiary/aromatic N) is 1. The Morgan fingerprint density at radius 1 is 0.810 bits per heavy atom. The van der Waals surface area contributed by atoms with E-state index in [9.17, 15) is 54.2 Å². The summed E-state index contributed by atoms with van der Waals surface area (Å²) in [6.45, 7) is 7.97. The van der Waals surface area contributed by atoms with Gasteiger partial charge in [-0.25, -0.2) is 14.4 Å². The number of rotatable bonds is 12. The van der Waals surface area contributed by atoms with Gasteiger partial charge in [0.15, 0.2) is 27.9 Å². The summed E-state index contributed by atoms with van der Waals surface area (Å²) in [7, 11) is 0. The van der Waals surface area contributed by atoms with Gasteiger partial charge in [0.1, 0.15) is 29.7 Å². The van der Waals surface area contributed by atoms with Crippen molar-refractivity contribution in [2.75, 3.05) is 6.61 Å². The molecule has 8 rings (SSSR count). The maximum absolute atomic E-state index is 15.5. The third-order valence-corrected chi connectivity index (χ3v) is 14.8. The van der Waals surface area contributed by atoms with E-state index in [1.54, 1.807) is 92.7 Å². The highest BCUT2D eigenvalue weighted by atomic mass is 35.6. The van der Waals surface area contributed by atoms with Crippen LogP contribution in [0.15, 0.2) is 126 Å². The fourth-order valence-corrected chi connectivity index (χ4v) is 11.0. The predicted octanol–water partition coefficient (Wildman–Crippen LogP) is 8.05. The molecule has 422 valence electrons. The molecule has 3 fully saturated rings. The van der Waals surface area contributed by atoms with E-state index in [1.807, 2.05) is 0 Å². The molecule has 1 amide bonds. The van der Waals surface area contributed by atoms with Gasteiger partial charge in [0.05, 0.1) is 40.6 Å². The summed E-state index contributed by atoms with van der Waals surface area (Å²) in [5.41, 5.74) is -8.07. The van der Waals surface area contributed by atoms with Crippen molar-refractivity contribution >= 4 is 93.1 Å². The van der Waals surface area contributed by atoms with Crippen LogP contribution in [0.4, 0.5) is 10.5 Å². The Morgan fingerprint density at radius 2 is 1.35 bits per heavy atom. The van der Waals surface area contributed by atoms with Crippen LogP contribution in [0.1, 0.15) is 86.7 Å². The third-order valence-electron chi connectivity index (χ3n) is 14.7. The summed E-state index contributed by atoms with van der Waals surface area (Å²) >= 11 is 19.3. The topological polar surface area (TPSA) is 291 Å². The molecule has 0 aromatic heterocycles. The predicted molar refractivity (Wildman–Crippen MR) is 284 cm³/mol. The number of ketones is 1. The molecule has 79 heavy (non-hydrogen) atoms. The number of aliphatic hydroxyl groups is 3. The smallest absolute Gasteiger partial charge is 0.409 e. The third kappa shape index (κ3) is 13.1. The van der Waals surface area contributed by atoms with Gasteiger partial charge in [-0.2, -0.15) is 0 Å². The lowest BCUT2D eigenvalue weighted by Gasteiger charge is -2.67. The molecule has 3 aliphatic carbocycles. The van der Waals surface area contributed by atoms with Gasteiger partial charge in [-0.15, -0.1) is 0 Å². The van der Waals surface area contributed by atoms with Gasteiger partial charge in [0.2, 0.25) is 0 Å². The Labute approximate surface area is 473 Å². The van der Waals surface area contributed by atoms with Gasteiger partial charge in [-0.3, -0.25) is 29.3 Å². The number of hydrogen-bond donors (Lipinski definition) is 4. The highest BCUT2D eigenvalue weighted by Crippen LogP contribution is 2.64. The number of amides is 1. The zero-order valence-corrected chi connectivity index (χ0v) is 46.2. The summed E-state index contributed by atoms with van der Waals surface area (Å²) in [6.07, 6.45) is -10.5. The summed E-state index contributed by atoms with van der Waals surface area (Å²) < 4.78 is 34.0. The molecular weight excluding hydrogens is 1120 g/mol. The van der Waals surface area contributed by atoms with Crippen LogP contribution in [0, 0.1) is 26.9 Å². The SMILES string of the molecule is CC(=O)O[C@H]1C(=O)[C@@]2(C)[C@H]([C@H](OC(=O)c3ccccc3)[C@]3(O)C[C@H](OC(=O)[C@H](O)[C@@H](NC(=O)c4ccccc4)c4ccccc4)C(C)=C1C3(C)C)[C@]1(OC(C)=O)CO[C@@H]1C[C@@H]2O.ClC(Cl)Cl.O=C(Cl)Oc1ccc([N+](=O)[O-])cc1. The zero-order chi connectivity index (χ0) is 58.4. The van der Waals surface area contributed by atoms with Crippen LogP contribution in [-0.4, -0.2) is 120 Å². The van der Waals surface area contributed by atoms with E-state index in [1.165, 1.54) is 50.2 Å². The van der Waals surface area contributed by atoms with Crippen molar-refractivity contribution < 1.29 is 82.2 Å². The van der Waals surface area contributed by atoms with Crippen LogP contribution >= 0.6 is 46.4 Å². The average molecular weight is 1170 g/mol. The highest BCUT2D eigenvalue weighted by Gasteiger charge is 2.78. The van der Waals surface area contributed by atoms with Gasteiger partial charge < -0.3 is 49.1 Å². The molecule has 1 aliphatic heterocycles. The fourth-order valence-electron chi connectivity index (χ4n) is 10.9. The lowest BCUT2D eigenvalue weighted by atomic mass is 9.44. The van der Waals surface area contributed by atoms with Crippen molar-refractivity contribution in [2.45, 2.75) is 113 Å². The normalized spacial score (nSPS) is 27.0. The van der Waals surface area contributed by atoms with E-state index in [-0.39, 0.29) is 46.7 Å². The fraction of sp³-hybridized carbons (Fsp3) is 0.400. The first kappa shape index (κ1) is 61.7. The number of carbonyl (C=O) groups excluding carboxylic acids is 7. The van der Waals surface area contributed by atoms with Crippen LogP contribution in [0.3, 0.4) is 0 Å². The number of esters is 4. The van der Waals surface area contributed by atoms with Gasteiger partial charge in [-0.1, -0.05) is 115 Å². The van der Waals surface area contributed by atoms with E-state index in [4.69, 9.17) is 70.1 Å². The average Bonchev–Trinajstić information content (AvgIpc) is 3.32. The Kier molecular flexibility index (Phi) is 19.8. The van der Waals surface area contributed by atoms with Crippen LogP contribution in [-0.2, 0) is 42.9 Å². The molecule has 20 nitrogen and oxygen atoms in total. The number of nitro groups is 1. The molecular formula is C55H56Cl4N2O18. The number of Topliss-reactive ketones (excluding diaryl/α,β-unsaturated/α-hetero) is 1. The lowest BCUT2D eigenvalue weighted by molar-refractivity contribution is -0.384. The number of fused-ring (bicyclic) bond motifs is 5. The number of hydrogen-bond acceptors (Lipinski definition) is 18. The molecule has 0 radical (unpaired) electrons. The van der Waals surface area contributed by atoms with E-state index in [0.29, 0.717) is 5.56 Å². The second-order valence-corrected chi connectivity index (χ2v) is 22.0. The molecule has 4 aromatic rings. The summed E-state index contributed by atoms with van der Waals surface area (Å²) in [4.78, 5) is 103. The highest BCUT2D eigenvalue weighted by molar-refractivity contribution is 6.63. The molecule has 4 aromatic carbocycles. The van der Waals surface area contributed by atoms with E-state index in [0.717, 1.165) is 13.8 Å². The number of nitro benzene ring substituents is 1. The van der Waals surface area contributed by atoms with Crippen molar-refractivity contribution in [3.63, 3.8) is 0 Å². The molecule has 2 bridgehead atoms. The van der Waals surface area contributed by atoms with Crippen molar-refractivity contribution in [1.82, 2.24) is 5.32 Å². The molecule has 1 saturated heterocycles. The van der Waals surface area contributed by atoms with Crippen molar-refractivity contribution in [3.8, 4) is 5.75 Å². The molecule has 11 atom stereocenters. The minimum Gasteiger partial charge on any atom is -0.456 e. The second-order valence-electron chi connectivity index (χ2n) is 19.7. The second kappa shape index (κ2) is 25.3. The number of benzene rings is 4. The molecule has 2 saturated carbocycles. The van der Waals surface area contributed by atoms with Gasteiger partial charge in [0, 0.05) is 61.4 Å². The van der Waals surface area contributed by atoms with E-state index >= 15 is 4.79 Å². The number of non-ortho nitro benzene ring substituents is 1. The Bertz CT molecular complexity index is 2950. The number of alkyl halides is 3. The number of aliphatic hydroxyl groups excluding tert-OH is 2. The standard InChI is InChI=1S/C47H51NO14.C7H4ClNO4.CHCl3/c1-25-31(60-43(56)36(52)35(28-16-10-7-11-17-28)48-41(54)29-18-12-8-13-19-29)23-47(57)40(61-42(55)30-20-14-9-15-21-30)38-45(6,32(51)22-33-46(38,24-58-33)62-27(3)50)39(53)37(59-26(2)49)34(25)44(47,4)5;8-7(10)13-6-3-1-5(2-4-6)9(11)12;2-1(3)4/h7-21,31-33,35-38,40,51-52,57H,22-24H2,1-6H3,(H,48,54);1-4H;1H/t31-,32-,33+,35-,36+,37+,38-,40-,45+,46-,47+;;/m0../s1. The van der Waals surface area contributed by atoms with Gasteiger partial charge in [0.25, 0.3) is 11.6 Å². The Balaban J connectivity index is 0.000000508. The maximum atomic E-state index is 15.5. The number of halogens is 4. The molecule has 4 aliphatic rings. The largest absolute Gasteiger partial charge is 0.456 e. The maximum Gasteiger partial charge on any atom is 0.409 e. The first-order valence-corrected chi connectivity index (χ1v) is 26.0. The zero-order valence-electron chi connectivity index (χ0n) is 43.2. The molecule has 4 N–H and O–H groups in total. The summed E-state index contributed by atoms with van der Waals surface area (Å²) in [5, 5.41) is 50.4. The summed E-state index contributed by atoms with van der Waals surface area (Å²) in [6, 6.07) is 28.0. The van der Waals surface area contributed by atoms with Crippen LogP contribution in [0.5, 0.6) is 5.75 Å². The van der Waals surface area contributed by atoms with Gasteiger partial charge in [-0.05, 0) is 67.0 Å². The molecule has 0 unspecified atom stereocenters. The van der Waals surface area contributed by atoms with Crippen LogP contribution < -0.4 is 10.1 Å². The van der Waals surface area contributed by atoms with Crippen molar-refractivity contribution in [2.24, 2.45) is 16.7 Å².